The number of azo groups is 1. The van der Waals surface area contributed by atoms with Crippen LogP contribution in [0.4, 0.5) is 10.5 Å². The SMILES string of the molecule is CN(C)NC(=O)Nc1cccc2c1C(=O)C1=C(c3ccsc3)N=NC12. The lowest BCUT2D eigenvalue weighted by Crippen LogP contribution is -2.39. The molecule has 2 amide bonds. The average Bonchev–Trinajstić information content (AvgIpc) is 3.26. The van der Waals surface area contributed by atoms with Crippen molar-refractivity contribution in [3.05, 3.63) is 57.3 Å². The van der Waals surface area contributed by atoms with E-state index in [2.05, 4.69) is 21.0 Å². The zero-order valence-electron chi connectivity index (χ0n) is 13.6. The summed E-state index contributed by atoms with van der Waals surface area (Å²) in [6, 6.07) is 6.50. The van der Waals surface area contributed by atoms with Crippen LogP contribution in [0.15, 0.2) is 50.8 Å². The molecule has 8 heteroatoms. The summed E-state index contributed by atoms with van der Waals surface area (Å²) < 4.78 is 0. The zero-order chi connectivity index (χ0) is 17.6. The van der Waals surface area contributed by atoms with Gasteiger partial charge in [0.25, 0.3) is 0 Å². The van der Waals surface area contributed by atoms with Crippen molar-refractivity contribution in [3.8, 4) is 0 Å². The number of hydrogen-bond donors (Lipinski definition) is 2. The normalized spacial score (nSPS) is 17.9. The Morgan fingerprint density at radius 1 is 1.28 bits per heavy atom. The van der Waals surface area contributed by atoms with Crippen LogP contribution in [-0.4, -0.2) is 30.9 Å². The van der Waals surface area contributed by atoms with E-state index in [1.165, 1.54) is 5.01 Å². The van der Waals surface area contributed by atoms with Crippen LogP contribution < -0.4 is 10.7 Å². The summed E-state index contributed by atoms with van der Waals surface area (Å²) in [5, 5.41) is 16.7. The highest BCUT2D eigenvalue weighted by Gasteiger charge is 2.42. The molecule has 1 aromatic carbocycles. The number of hydrogen-bond acceptors (Lipinski definition) is 6. The van der Waals surface area contributed by atoms with Gasteiger partial charge in [-0.25, -0.2) is 9.80 Å². The minimum absolute atomic E-state index is 0.132. The number of carbonyl (C=O) groups is 2. The standard InChI is InChI=1S/C17H15N5O2S/c1-22(2)21-17(24)18-11-5-3-4-10-12(11)16(23)13-14(19-20-15(10)13)9-6-7-25-8-9/h3-8,15H,1-2H3,(H2,18,21,24). The molecule has 1 aromatic heterocycles. The van der Waals surface area contributed by atoms with Gasteiger partial charge >= 0.3 is 6.03 Å². The molecule has 1 aliphatic heterocycles. The van der Waals surface area contributed by atoms with E-state index in [0.29, 0.717) is 22.5 Å². The Balaban J connectivity index is 1.75. The molecule has 0 saturated carbocycles. The molecule has 7 nitrogen and oxygen atoms in total. The number of nitrogens with zero attached hydrogens (tertiary/aromatic N) is 3. The summed E-state index contributed by atoms with van der Waals surface area (Å²) in [7, 11) is 3.42. The smallest absolute Gasteiger partial charge is 0.306 e. The van der Waals surface area contributed by atoms with Gasteiger partial charge in [-0.05, 0) is 23.1 Å². The fraction of sp³-hybridized carbons (Fsp3) is 0.176. The first-order chi connectivity index (χ1) is 12.1. The van der Waals surface area contributed by atoms with Gasteiger partial charge in [0.05, 0.1) is 16.8 Å². The van der Waals surface area contributed by atoms with Crippen LogP contribution in [0, 0.1) is 0 Å². The lowest BCUT2D eigenvalue weighted by Gasteiger charge is -2.14. The first-order valence-corrected chi connectivity index (χ1v) is 8.60. The lowest BCUT2D eigenvalue weighted by molar-refractivity contribution is 0.103. The largest absolute Gasteiger partial charge is 0.333 e. The molecule has 1 aliphatic carbocycles. The number of benzene rings is 1. The summed E-state index contributed by atoms with van der Waals surface area (Å²) in [6.45, 7) is 0. The Morgan fingerprint density at radius 3 is 2.84 bits per heavy atom. The third kappa shape index (κ3) is 2.55. The van der Waals surface area contributed by atoms with E-state index < -0.39 is 12.1 Å². The van der Waals surface area contributed by atoms with E-state index in [9.17, 15) is 9.59 Å². The number of thiophene rings is 1. The number of fused-ring (bicyclic) bond motifs is 3. The lowest BCUT2D eigenvalue weighted by atomic mass is 10.0. The topological polar surface area (TPSA) is 86.2 Å². The molecule has 2 heterocycles. The highest BCUT2D eigenvalue weighted by molar-refractivity contribution is 7.08. The second-order valence-corrected chi connectivity index (χ2v) is 6.73. The number of rotatable bonds is 3. The van der Waals surface area contributed by atoms with Gasteiger partial charge < -0.3 is 5.32 Å². The molecule has 1 unspecified atom stereocenters. The number of nitrogens with one attached hydrogen (secondary N) is 2. The number of hydrazine groups is 1. The summed E-state index contributed by atoms with van der Waals surface area (Å²) in [4.78, 5) is 25.1. The Hall–Kier alpha value is -2.84. The average molecular weight is 353 g/mol. The van der Waals surface area contributed by atoms with Gasteiger partial charge in [-0.3, -0.25) is 10.2 Å². The second kappa shape index (κ2) is 5.91. The van der Waals surface area contributed by atoms with E-state index in [4.69, 9.17) is 0 Å². The highest BCUT2D eigenvalue weighted by Crippen LogP contribution is 2.49. The van der Waals surface area contributed by atoms with Crippen LogP contribution in [0.2, 0.25) is 0 Å². The quantitative estimate of drug-likeness (QED) is 0.829. The molecular formula is C17H15N5O2S. The number of urea groups is 1. The molecule has 25 heavy (non-hydrogen) atoms. The van der Waals surface area contributed by atoms with E-state index in [-0.39, 0.29) is 5.78 Å². The molecule has 2 aliphatic rings. The van der Waals surface area contributed by atoms with Gasteiger partial charge in [0, 0.05) is 25.0 Å². The summed E-state index contributed by atoms with van der Waals surface area (Å²) in [5.74, 6) is -0.132. The van der Waals surface area contributed by atoms with E-state index in [1.54, 1.807) is 37.6 Å². The van der Waals surface area contributed by atoms with Crippen LogP contribution in [0.5, 0.6) is 0 Å². The summed E-state index contributed by atoms with van der Waals surface area (Å²) >= 11 is 1.55. The van der Waals surface area contributed by atoms with E-state index >= 15 is 0 Å². The third-order valence-corrected chi connectivity index (χ3v) is 4.72. The van der Waals surface area contributed by atoms with Crippen LogP contribution in [0.1, 0.15) is 27.5 Å². The Morgan fingerprint density at radius 2 is 2.12 bits per heavy atom. The Kier molecular flexibility index (Phi) is 3.70. The summed E-state index contributed by atoms with van der Waals surface area (Å²) in [5.41, 5.74) is 6.43. The van der Waals surface area contributed by atoms with Crippen molar-refractivity contribution >= 4 is 34.5 Å². The van der Waals surface area contributed by atoms with Crippen molar-refractivity contribution < 1.29 is 9.59 Å². The number of Topliss-reactive ketones (excluding diaryl/α,β-unsaturated/α-hetero) is 1. The molecule has 0 fully saturated rings. The molecule has 0 spiro atoms. The van der Waals surface area contributed by atoms with Gasteiger partial charge in [0.15, 0.2) is 5.78 Å². The molecule has 0 radical (unpaired) electrons. The Bertz CT molecular complexity index is 931. The van der Waals surface area contributed by atoms with Crippen LogP contribution in [0.3, 0.4) is 0 Å². The molecule has 2 aromatic rings. The fourth-order valence-electron chi connectivity index (χ4n) is 3.06. The molecule has 126 valence electrons. The monoisotopic (exact) mass is 353 g/mol. The van der Waals surface area contributed by atoms with E-state index in [0.717, 1.165) is 11.1 Å². The van der Waals surface area contributed by atoms with Crippen molar-refractivity contribution in [2.75, 3.05) is 19.4 Å². The predicted octanol–water partition coefficient (Wildman–Crippen LogP) is 3.46. The van der Waals surface area contributed by atoms with Gasteiger partial charge in [0.2, 0.25) is 0 Å². The van der Waals surface area contributed by atoms with Crippen LogP contribution in [-0.2, 0) is 0 Å². The zero-order valence-corrected chi connectivity index (χ0v) is 14.4. The summed E-state index contributed by atoms with van der Waals surface area (Å²) in [6.07, 6.45) is 0. The fourth-order valence-corrected chi connectivity index (χ4v) is 3.70. The van der Waals surface area contributed by atoms with Crippen LogP contribution >= 0.6 is 11.3 Å². The maximum absolute atomic E-state index is 13.1. The molecule has 0 saturated heterocycles. The first-order valence-electron chi connectivity index (χ1n) is 7.66. The molecule has 2 N–H and O–H groups in total. The molecule has 4 rings (SSSR count). The van der Waals surface area contributed by atoms with Crippen molar-refractivity contribution in [1.29, 1.82) is 0 Å². The third-order valence-electron chi connectivity index (χ3n) is 4.03. The van der Waals surface area contributed by atoms with Crippen molar-refractivity contribution in [2.45, 2.75) is 6.04 Å². The van der Waals surface area contributed by atoms with Crippen LogP contribution in [0.25, 0.3) is 5.70 Å². The number of amides is 2. The number of anilines is 1. The van der Waals surface area contributed by atoms with Gasteiger partial charge in [-0.1, -0.05) is 12.1 Å². The number of ketones is 1. The highest BCUT2D eigenvalue weighted by atomic mass is 32.1. The van der Waals surface area contributed by atoms with Gasteiger partial charge in [0.1, 0.15) is 11.7 Å². The van der Waals surface area contributed by atoms with Crippen molar-refractivity contribution in [3.63, 3.8) is 0 Å². The second-order valence-electron chi connectivity index (χ2n) is 5.95. The molecule has 0 bridgehead atoms. The molecular weight excluding hydrogens is 338 g/mol. The van der Waals surface area contributed by atoms with Gasteiger partial charge in [-0.15, -0.1) is 0 Å². The predicted molar refractivity (Wildman–Crippen MR) is 95.4 cm³/mol. The van der Waals surface area contributed by atoms with Gasteiger partial charge in [-0.2, -0.15) is 21.6 Å². The van der Waals surface area contributed by atoms with Crippen molar-refractivity contribution in [1.82, 2.24) is 10.4 Å². The number of carbonyl (C=O) groups excluding carboxylic acids is 2. The minimum atomic E-state index is -0.406. The minimum Gasteiger partial charge on any atom is -0.306 e. The molecule has 1 atom stereocenters. The van der Waals surface area contributed by atoms with Crippen molar-refractivity contribution in [2.24, 2.45) is 10.2 Å². The maximum atomic E-state index is 13.1. The first kappa shape index (κ1) is 15.7. The Labute approximate surface area is 148 Å². The maximum Gasteiger partial charge on any atom is 0.333 e. The van der Waals surface area contributed by atoms with E-state index in [1.807, 2.05) is 22.9 Å².